The van der Waals surface area contributed by atoms with Crippen LogP contribution in [0.5, 0.6) is 11.5 Å². The molecular formula is C24H22ClNO2. The van der Waals surface area contributed by atoms with Crippen molar-refractivity contribution in [2.24, 2.45) is 0 Å². The minimum Gasteiger partial charge on any atom is -0.508 e. The van der Waals surface area contributed by atoms with Crippen LogP contribution in [0.1, 0.15) is 12.8 Å². The van der Waals surface area contributed by atoms with Gasteiger partial charge in [-0.05, 0) is 35.7 Å². The van der Waals surface area contributed by atoms with Crippen LogP contribution in [0.4, 0.5) is 5.69 Å². The molecule has 0 radical (unpaired) electrons. The van der Waals surface area contributed by atoms with Gasteiger partial charge in [0.1, 0.15) is 11.5 Å². The Morgan fingerprint density at radius 3 is 2.11 bits per heavy atom. The third kappa shape index (κ3) is 3.71. The molecule has 0 aliphatic carbocycles. The van der Waals surface area contributed by atoms with Crippen LogP contribution in [0, 0.1) is 0 Å². The normalized spacial score (nSPS) is 13.5. The monoisotopic (exact) mass is 391 g/mol. The summed E-state index contributed by atoms with van der Waals surface area (Å²) in [6.07, 6.45) is 2.44. The number of phenols is 2. The summed E-state index contributed by atoms with van der Waals surface area (Å²) < 4.78 is 0. The maximum atomic E-state index is 9.90. The van der Waals surface area contributed by atoms with Gasteiger partial charge in [0.25, 0.3) is 0 Å². The molecule has 1 aliphatic heterocycles. The second-order valence-electron chi connectivity index (χ2n) is 7.00. The molecular weight excluding hydrogens is 370 g/mol. The van der Waals surface area contributed by atoms with E-state index in [0.29, 0.717) is 10.8 Å². The Kier molecular flexibility index (Phi) is 5.27. The number of phenolic OH excluding ortho intramolecular Hbond substituents is 2. The average Bonchev–Trinajstić information content (AvgIpc) is 3.26. The van der Waals surface area contributed by atoms with E-state index < -0.39 is 0 Å². The van der Waals surface area contributed by atoms with E-state index in [-0.39, 0.29) is 5.75 Å². The Hall–Kier alpha value is -2.91. The number of benzene rings is 4. The van der Waals surface area contributed by atoms with Crippen LogP contribution >= 0.6 is 11.6 Å². The zero-order valence-corrected chi connectivity index (χ0v) is 16.2. The topological polar surface area (TPSA) is 43.7 Å². The van der Waals surface area contributed by atoms with E-state index in [2.05, 4.69) is 11.0 Å². The third-order valence-corrected chi connectivity index (χ3v) is 5.51. The van der Waals surface area contributed by atoms with Gasteiger partial charge in [0, 0.05) is 35.6 Å². The van der Waals surface area contributed by atoms with Crippen molar-refractivity contribution in [1.29, 1.82) is 0 Å². The first-order chi connectivity index (χ1) is 13.6. The molecule has 0 spiro atoms. The van der Waals surface area contributed by atoms with Gasteiger partial charge in [0.2, 0.25) is 0 Å². The van der Waals surface area contributed by atoms with Crippen molar-refractivity contribution in [3.63, 3.8) is 0 Å². The molecule has 1 heterocycles. The van der Waals surface area contributed by atoms with Crippen molar-refractivity contribution in [3.8, 4) is 11.5 Å². The highest BCUT2D eigenvalue weighted by atomic mass is 35.5. The van der Waals surface area contributed by atoms with Crippen LogP contribution < -0.4 is 4.90 Å². The van der Waals surface area contributed by atoms with Gasteiger partial charge in [0.05, 0.1) is 5.02 Å². The molecule has 0 atom stereocenters. The van der Waals surface area contributed by atoms with Gasteiger partial charge in [-0.3, -0.25) is 0 Å². The number of fused-ring (bicyclic) bond motifs is 2. The van der Waals surface area contributed by atoms with Gasteiger partial charge in [0.15, 0.2) is 0 Å². The van der Waals surface area contributed by atoms with Gasteiger partial charge in [-0.15, -0.1) is 0 Å². The second-order valence-corrected chi connectivity index (χ2v) is 7.38. The quantitative estimate of drug-likeness (QED) is 0.397. The summed E-state index contributed by atoms with van der Waals surface area (Å²) in [5, 5.41) is 23.8. The van der Waals surface area contributed by atoms with Gasteiger partial charge < -0.3 is 15.1 Å². The van der Waals surface area contributed by atoms with Gasteiger partial charge >= 0.3 is 0 Å². The predicted molar refractivity (Wildman–Crippen MR) is 118 cm³/mol. The third-order valence-electron chi connectivity index (χ3n) is 5.12. The van der Waals surface area contributed by atoms with E-state index >= 15 is 0 Å². The van der Waals surface area contributed by atoms with E-state index in [1.807, 2.05) is 48.5 Å². The van der Waals surface area contributed by atoms with E-state index in [0.717, 1.165) is 40.3 Å². The smallest absolute Gasteiger partial charge is 0.136 e. The molecule has 1 fully saturated rings. The molecule has 1 saturated heterocycles. The number of rotatable bonds is 1. The number of hydrogen-bond donors (Lipinski definition) is 2. The molecule has 4 heteroatoms. The lowest BCUT2D eigenvalue weighted by Crippen LogP contribution is -2.17. The standard InChI is InChI=1S/C14H14ClNO.C10H8O/c15-14-11-6-2-1-5-10(11)12(9-13(14)17)16-7-3-4-8-16;11-10-6-5-8-3-1-2-4-9(8)7-10/h1-2,5-6,9,17H,3-4,7-8H2;1-7,11H. The maximum Gasteiger partial charge on any atom is 0.136 e. The highest BCUT2D eigenvalue weighted by Gasteiger charge is 2.17. The Labute approximate surface area is 169 Å². The van der Waals surface area contributed by atoms with Crippen LogP contribution in [0.2, 0.25) is 5.02 Å². The Bertz CT molecular complexity index is 1120. The molecule has 0 bridgehead atoms. The summed E-state index contributed by atoms with van der Waals surface area (Å²) in [6.45, 7) is 2.12. The molecule has 1 aliphatic rings. The first-order valence-corrected chi connectivity index (χ1v) is 9.84. The van der Waals surface area contributed by atoms with Crippen molar-refractivity contribution < 1.29 is 10.2 Å². The van der Waals surface area contributed by atoms with Crippen molar-refractivity contribution >= 4 is 38.8 Å². The molecule has 5 rings (SSSR count). The average molecular weight is 392 g/mol. The van der Waals surface area contributed by atoms with Crippen molar-refractivity contribution in [2.75, 3.05) is 18.0 Å². The minimum absolute atomic E-state index is 0.173. The molecule has 4 aromatic carbocycles. The van der Waals surface area contributed by atoms with E-state index in [4.69, 9.17) is 16.7 Å². The fourth-order valence-corrected chi connectivity index (χ4v) is 3.92. The summed E-state index contributed by atoms with van der Waals surface area (Å²) in [4.78, 5) is 2.32. The second kappa shape index (κ2) is 7.99. The summed E-state index contributed by atoms with van der Waals surface area (Å²) >= 11 is 6.14. The van der Waals surface area contributed by atoms with Gasteiger partial charge in [-0.25, -0.2) is 0 Å². The first kappa shape index (κ1) is 18.5. The molecule has 4 aromatic rings. The molecule has 142 valence electrons. The Balaban J connectivity index is 0.000000151. The Morgan fingerprint density at radius 1 is 0.714 bits per heavy atom. The SMILES string of the molecule is Oc1cc(N2CCCC2)c2ccccc2c1Cl.Oc1ccc2ccccc2c1. The molecule has 0 saturated carbocycles. The maximum absolute atomic E-state index is 9.90. The molecule has 2 N–H and O–H groups in total. The molecule has 28 heavy (non-hydrogen) atoms. The molecule has 0 amide bonds. The fourth-order valence-electron chi connectivity index (χ4n) is 3.70. The summed E-state index contributed by atoms with van der Waals surface area (Å²) in [5.74, 6) is 0.496. The van der Waals surface area contributed by atoms with Gasteiger partial charge in [-0.1, -0.05) is 66.2 Å². The lowest BCUT2D eigenvalue weighted by molar-refractivity contribution is 0.475. The van der Waals surface area contributed by atoms with Crippen molar-refractivity contribution in [2.45, 2.75) is 12.8 Å². The van der Waals surface area contributed by atoms with Gasteiger partial charge in [-0.2, -0.15) is 0 Å². The Morgan fingerprint density at radius 2 is 1.36 bits per heavy atom. The number of anilines is 1. The van der Waals surface area contributed by atoms with Crippen molar-refractivity contribution in [3.05, 3.63) is 77.8 Å². The predicted octanol–water partition coefficient (Wildman–Crippen LogP) is 6.34. The molecule has 3 nitrogen and oxygen atoms in total. The summed E-state index contributed by atoms with van der Waals surface area (Å²) in [7, 11) is 0. The van der Waals surface area contributed by atoms with Crippen LogP contribution in [-0.2, 0) is 0 Å². The molecule has 0 aromatic heterocycles. The fraction of sp³-hybridized carbons (Fsp3) is 0.167. The number of hydrogen-bond acceptors (Lipinski definition) is 3. The van der Waals surface area contributed by atoms with Crippen molar-refractivity contribution in [1.82, 2.24) is 0 Å². The highest BCUT2D eigenvalue weighted by molar-refractivity contribution is 6.37. The zero-order valence-electron chi connectivity index (χ0n) is 15.5. The van der Waals surface area contributed by atoms with E-state index in [1.165, 1.54) is 12.8 Å². The van der Waals surface area contributed by atoms with Crippen LogP contribution in [0.15, 0.2) is 72.8 Å². The largest absolute Gasteiger partial charge is 0.508 e. The van der Waals surface area contributed by atoms with E-state index in [1.54, 1.807) is 18.2 Å². The van der Waals surface area contributed by atoms with E-state index in [9.17, 15) is 5.11 Å². The number of nitrogens with zero attached hydrogens (tertiary/aromatic N) is 1. The van der Waals surface area contributed by atoms with Crippen LogP contribution in [0.3, 0.4) is 0 Å². The summed E-state index contributed by atoms with van der Waals surface area (Å²) in [5.41, 5.74) is 1.10. The first-order valence-electron chi connectivity index (χ1n) is 9.46. The lowest BCUT2D eigenvalue weighted by Gasteiger charge is -2.20. The molecule has 0 unspecified atom stereocenters. The zero-order chi connectivity index (χ0) is 19.5. The minimum atomic E-state index is 0.173. The van der Waals surface area contributed by atoms with Crippen LogP contribution in [-0.4, -0.2) is 23.3 Å². The number of aromatic hydroxyl groups is 2. The van der Waals surface area contributed by atoms with Crippen LogP contribution in [0.25, 0.3) is 21.5 Å². The summed E-state index contributed by atoms with van der Waals surface area (Å²) in [6, 6.07) is 23.1. The number of halogens is 1. The highest BCUT2D eigenvalue weighted by Crippen LogP contribution is 2.39. The lowest BCUT2D eigenvalue weighted by atomic mass is 10.1.